The quantitative estimate of drug-likeness (QED) is 0.170. The number of rotatable bonds is 6. The van der Waals surface area contributed by atoms with Crippen LogP contribution in [-0.2, 0) is 0 Å². The summed E-state index contributed by atoms with van der Waals surface area (Å²) < 4.78 is 8.80. The van der Waals surface area contributed by atoms with Gasteiger partial charge in [0.1, 0.15) is 11.2 Å². The van der Waals surface area contributed by atoms with E-state index in [0.29, 0.717) is 0 Å². The molecule has 55 heavy (non-hydrogen) atoms. The van der Waals surface area contributed by atoms with Crippen molar-refractivity contribution in [2.75, 3.05) is 4.90 Å². The Morgan fingerprint density at radius 3 is 1.67 bits per heavy atom. The third-order valence-corrected chi connectivity index (χ3v) is 12.0. The highest BCUT2D eigenvalue weighted by Gasteiger charge is 2.17. The summed E-state index contributed by atoms with van der Waals surface area (Å²) in [4.78, 5) is 2.38. The van der Waals surface area contributed by atoms with E-state index in [1.54, 1.807) is 0 Å². The lowest BCUT2D eigenvalue weighted by Gasteiger charge is -2.27. The minimum absolute atomic E-state index is 0.902. The van der Waals surface area contributed by atoms with Crippen molar-refractivity contribution in [3.8, 4) is 33.4 Å². The second kappa shape index (κ2) is 12.9. The molecule has 3 heteroatoms. The molecule has 0 bridgehead atoms. The van der Waals surface area contributed by atoms with Gasteiger partial charge in [0.05, 0.1) is 0 Å². The third kappa shape index (κ3) is 5.56. The normalized spacial score (nSPS) is 11.6. The van der Waals surface area contributed by atoms with Crippen molar-refractivity contribution >= 4 is 81.3 Å². The van der Waals surface area contributed by atoms with E-state index in [0.717, 1.165) is 50.1 Å². The maximum Gasteiger partial charge on any atom is 0.135 e. The zero-order valence-electron chi connectivity index (χ0n) is 29.8. The smallest absolute Gasteiger partial charge is 0.135 e. The average Bonchev–Trinajstić information content (AvgIpc) is 3.82. The number of thiophene rings is 1. The van der Waals surface area contributed by atoms with Crippen molar-refractivity contribution in [3.05, 3.63) is 200 Å². The lowest BCUT2D eigenvalue weighted by Crippen LogP contribution is -2.10. The Morgan fingerprint density at radius 1 is 0.309 bits per heavy atom. The number of hydrogen-bond donors (Lipinski definition) is 0. The van der Waals surface area contributed by atoms with Gasteiger partial charge in [0, 0.05) is 48.0 Å². The van der Waals surface area contributed by atoms with E-state index in [1.165, 1.54) is 53.2 Å². The van der Waals surface area contributed by atoms with Crippen LogP contribution in [0, 0.1) is 0 Å². The van der Waals surface area contributed by atoms with Gasteiger partial charge >= 0.3 is 0 Å². The fourth-order valence-electron chi connectivity index (χ4n) is 8.08. The van der Waals surface area contributed by atoms with Crippen LogP contribution < -0.4 is 4.90 Å². The van der Waals surface area contributed by atoms with Gasteiger partial charge in [0.25, 0.3) is 0 Å². The van der Waals surface area contributed by atoms with Crippen LogP contribution in [0.4, 0.5) is 17.1 Å². The molecule has 0 radical (unpaired) electrons. The zero-order chi connectivity index (χ0) is 36.3. The molecule has 0 unspecified atom stereocenters. The molecule has 0 aliphatic carbocycles. The Morgan fingerprint density at radius 2 is 0.873 bits per heavy atom. The molecule has 0 aliphatic rings. The highest BCUT2D eigenvalue weighted by Crippen LogP contribution is 2.41. The van der Waals surface area contributed by atoms with E-state index in [2.05, 4.69) is 193 Å². The predicted octanol–water partition coefficient (Wildman–Crippen LogP) is 15.6. The summed E-state index contributed by atoms with van der Waals surface area (Å²) in [6, 6.07) is 72.4. The Kier molecular flexibility index (Phi) is 7.39. The Bertz CT molecular complexity index is 3070. The summed E-state index contributed by atoms with van der Waals surface area (Å²) in [5.74, 6) is 0. The summed E-state index contributed by atoms with van der Waals surface area (Å²) in [5, 5.41) is 7.37. The highest BCUT2D eigenvalue weighted by atomic mass is 32.1. The largest absolute Gasteiger partial charge is 0.456 e. The molecule has 2 aromatic heterocycles. The molecule has 9 aromatic carbocycles. The Balaban J connectivity index is 1.03. The Labute approximate surface area is 322 Å². The van der Waals surface area contributed by atoms with Crippen LogP contribution in [0.3, 0.4) is 0 Å². The van der Waals surface area contributed by atoms with Gasteiger partial charge in [-0.1, -0.05) is 121 Å². The van der Waals surface area contributed by atoms with E-state index in [9.17, 15) is 0 Å². The lowest BCUT2D eigenvalue weighted by atomic mass is 9.99. The number of fused-ring (bicyclic) bond motifs is 7. The monoisotopic (exact) mass is 719 g/mol. The van der Waals surface area contributed by atoms with Crippen molar-refractivity contribution in [1.82, 2.24) is 0 Å². The lowest BCUT2D eigenvalue weighted by molar-refractivity contribution is 0.669. The van der Waals surface area contributed by atoms with Gasteiger partial charge in [-0.25, -0.2) is 0 Å². The molecule has 0 spiro atoms. The molecule has 2 heterocycles. The molecule has 0 fully saturated rings. The van der Waals surface area contributed by atoms with Crippen molar-refractivity contribution in [1.29, 1.82) is 0 Å². The van der Waals surface area contributed by atoms with Crippen molar-refractivity contribution < 1.29 is 4.42 Å². The fourth-order valence-corrected chi connectivity index (χ4v) is 9.17. The molecule has 11 aromatic rings. The van der Waals surface area contributed by atoms with E-state index >= 15 is 0 Å². The molecule has 0 N–H and O–H groups in total. The van der Waals surface area contributed by atoms with Gasteiger partial charge < -0.3 is 9.32 Å². The van der Waals surface area contributed by atoms with Crippen molar-refractivity contribution in [2.24, 2.45) is 0 Å². The molecule has 2 nitrogen and oxygen atoms in total. The Hall–Kier alpha value is -6.94. The summed E-state index contributed by atoms with van der Waals surface area (Å²) in [5.41, 5.74) is 12.2. The van der Waals surface area contributed by atoms with Gasteiger partial charge in [0.15, 0.2) is 0 Å². The molecule has 0 saturated heterocycles. The maximum atomic E-state index is 6.16. The topological polar surface area (TPSA) is 16.4 Å². The molecule has 0 aliphatic heterocycles. The van der Waals surface area contributed by atoms with Crippen LogP contribution in [-0.4, -0.2) is 0 Å². The minimum atomic E-state index is 0.902. The number of nitrogens with zero attached hydrogens (tertiary/aromatic N) is 1. The zero-order valence-corrected chi connectivity index (χ0v) is 30.6. The summed E-state index contributed by atoms with van der Waals surface area (Å²) in [6.07, 6.45) is 0. The van der Waals surface area contributed by atoms with Crippen LogP contribution in [0.25, 0.3) is 86.3 Å². The average molecular weight is 720 g/mol. The fraction of sp³-hybridized carbons (Fsp3) is 0. The molecule has 0 saturated carbocycles. The summed E-state index contributed by atoms with van der Waals surface area (Å²) in [7, 11) is 0. The summed E-state index contributed by atoms with van der Waals surface area (Å²) in [6.45, 7) is 0. The second-order valence-corrected chi connectivity index (χ2v) is 15.2. The number of para-hydroxylation sites is 1. The number of furan rings is 1. The van der Waals surface area contributed by atoms with Crippen LogP contribution in [0.1, 0.15) is 0 Å². The first-order valence-corrected chi connectivity index (χ1v) is 19.5. The highest BCUT2D eigenvalue weighted by molar-refractivity contribution is 7.25. The molecule has 0 atom stereocenters. The molecular weight excluding hydrogens is 687 g/mol. The standard InChI is InChI=1S/C52H33NOS/c1-2-10-36-29-39(20-19-34(36)9-1)35-21-25-42(26-22-35)53(43-13-7-11-37(30-43)40-23-27-50-47(32-40)45-15-3-5-17-49(45)54-50)44-14-8-12-38(31-44)41-24-28-52-48(33-41)46-16-4-6-18-51(46)55-52/h1-33H. The number of benzene rings is 9. The van der Waals surface area contributed by atoms with Gasteiger partial charge in [0.2, 0.25) is 0 Å². The van der Waals surface area contributed by atoms with E-state index in [1.807, 2.05) is 23.5 Å². The van der Waals surface area contributed by atoms with Crippen LogP contribution >= 0.6 is 11.3 Å². The van der Waals surface area contributed by atoms with Crippen molar-refractivity contribution in [2.45, 2.75) is 0 Å². The van der Waals surface area contributed by atoms with Crippen molar-refractivity contribution in [3.63, 3.8) is 0 Å². The number of hydrogen-bond acceptors (Lipinski definition) is 3. The first-order valence-electron chi connectivity index (χ1n) is 18.6. The van der Waals surface area contributed by atoms with Gasteiger partial charge in [-0.3, -0.25) is 0 Å². The first-order chi connectivity index (χ1) is 27.2. The van der Waals surface area contributed by atoms with Gasteiger partial charge in [-0.15, -0.1) is 11.3 Å². The van der Waals surface area contributed by atoms with Crippen LogP contribution in [0.15, 0.2) is 205 Å². The number of anilines is 3. The second-order valence-electron chi connectivity index (χ2n) is 14.2. The predicted molar refractivity (Wildman–Crippen MR) is 235 cm³/mol. The molecule has 0 amide bonds. The van der Waals surface area contributed by atoms with E-state index in [-0.39, 0.29) is 0 Å². The van der Waals surface area contributed by atoms with Gasteiger partial charge in [-0.05, 0) is 123 Å². The third-order valence-electron chi connectivity index (χ3n) is 10.8. The SMILES string of the molecule is c1cc(-c2ccc3oc4ccccc4c3c2)cc(N(c2ccc(-c3ccc4ccccc4c3)cc2)c2cccc(-c3ccc4sc5ccccc5c4c3)c2)c1. The van der Waals surface area contributed by atoms with Gasteiger partial charge in [-0.2, -0.15) is 0 Å². The minimum Gasteiger partial charge on any atom is -0.456 e. The van der Waals surface area contributed by atoms with E-state index in [4.69, 9.17) is 4.42 Å². The van der Waals surface area contributed by atoms with Crippen LogP contribution in [0.5, 0.6) is 0 Å². The van der Waals surface area contributed by atoms with Crippen LogP contribution in [0.2, 0.25) is 0 Å². The molecular formula is C52H33NOS. The van der Waals surface area contributed by atoms with E-state index < -0.39 is 0 Å². The maximum absolute atomic E-state index is 6.16. The first kappa shape index (κ1) is 31.6. The molecule has 258 valence electrons. The summed E-state index contributed by atoms with van der Waals surface area (Å²) >= 11 is 1.86. The molecule has 11 rings (SSSR count).